The fraction of sp³-hybridized carbons (Fsp3) is 0.190. The zero-order valence-corrected chi connectivity index (χ0v) is 14.7. The summed E-state index contributed by atoms with van der Waals surface area (Å²) in [6.07, 6.45) is 0. The number of carbonyl (C=O) groups excluding carboxylic acids is 1. The summed E-state index contributed by atoms with van der Waals surface area (Å²) < 4.78 is 11.1. The number of Topliss-reactive ketones (excluding diaryl/α,β-unsaturated/α-hetero) is 1. The van der Waals surface area contributed by atoms with Gasteiger partial charge in [0.05, 0.1) is 14.2 Å². The van der Waals surface area contributed by atoms with Crippen LogP contribution >= 0.6 is 11.6 Å². The van der Waals surface area contributed by atoms with Crippen LogP contribution in [-0.2, 0) is 0 Å². The van der Waals surface area contributed by atoms with E-state index in [-0.39, 0.29) is 11.7 Å². The Balaban J connectivity index is 2.13. The number of halogens is 1. The molecule has 0 aromatic heterocycles. The van der Waals surface area contributed by atoms with Crippen molar-refractivity contribution in [3.05, 3.63) is 71.3 Å². The normalized spacial score (nSPS) is 19.1. The Bertz CT molecular complexity index is 966. The average Bonchev–Trinajstić information content (AvgIpc) is 2.66. The van der Waals surface area contributed by atoms with Gasteiger partial charge in [0.1, 0.15) is 16.9 Å². The fourth-order valence-electron chi connectivity index (χ4n) is 3.74. The molecule has 0 spiro atoms. The molecule has 25 heavy (non-hydrogen) atoms. The highest BCUT2D eigenvalue weighted by Gasteiger charge is 2.39. The van der Waals surface area contributed by atoms with Crippen LogP contribution in [0, 0.1) is 0 Å². The third-order valence-electron chi connectivity index (χ3n) is 4.86. The Hall–Kier alpha value is -2.52. The third kappa shape index (κ3) is 2.30. The van der Waals surface area contributed by atoms with Gasteiger partial charge >= 0.3 is 0 Å². The summed E-state index contributed by atoms with van der Waals surface area (Å²) in [5.41, 5.74) is 2.56. The van der Waals surface area contributed by atoms with Crippen molar-refractivity contribution in [2.24, 2.45) is 0 Å². The molecule has 0 aliphatic heterocycles. The zero-order chi connectivity index (χ0) is 17.6. The fourth-order valence-corrected chi connectivity index (χ4v) is 4.13. The van der Waals surface area contributed by atoms with Gasteiger partial charge in [0.2, 0.25) is 0 Å². The second-order valence-electron chi connectivity index (χ2n) is 6.07. The van der Waals surface area contributed by atoms with Crippen LogP contribution in [0.3, 0.4) is 0 Å². The molecule has 4 rings (SSSR count). The highest BCUT2D eigenvalue weighted by Crippen LogP contribution is 2.48. The Morgan fingerprint density at radius 1 is 0.880 bits per heavy atom. The molecule has 1 aliphatic carbocycles. The van der Waals surface area contributed by atoms with Gasteiger partial charge in [-0.1, -0.05) is 30.3 Å². The maximum Gasteiger partial charge on any atom is 0.182 e. The van der Waals surface area contributed by atoms with E-state index in [0.29, 0.717) is 5.56 Å². The molecule has 0 bridgehead atoms. The van der Waals surface area contributed by atoms with E-state index in [1.165, 1.54) is 0 Å². The molecule has 1 aliphatic rings. The number of ketones is 1. The van der Waals surface area contributed by atoms with Crippen molar-refractivity contribution in [1.29, 1.82) is 0 Å². The molecular weight excluding hydrogens is 336 g/mol. The summed E-state index contributed by atoms with van der Waals surface area (Å²) in [5.74, 6) is 1.13. The van der Waals surface area contributed by atoms with Crippen LogP contribution in [-0.4, -0.2) is 25.4 Å². The maximum atomic E-state index is 13.0. The number of alkyl halides is 1. The Morgan fingerprint density at radius 3 is 2.24 bits per heavy atom. The number of carbonyl (C=O) groups is 1. The minimum atomic E-state index is -0.678. The van der Waals surface area contributed by atoms with Gasteiger partial charge in [-0.05, 0) is 29.8 Å². The number of hydrogen-bond donors (Lipinski definition) is 0. The van der Waals surface area contributed by atoms with Crippen LogP contribution in [0.25, 0.3) is 10.8 Å². The molecule has 0 unspecified atom stereocenters. The zero-order valence-electron chi connectivity index (χ0n) is 14.0. The lowest BCUT2D eigenvalue weighted by molar-refractivity contribution is 0.0980. The molecule has 0 heterocycles. The summed E-state index contributed by atoms with van der Waals surface area (Å²) in [7, 11) is 3.27. The van der Waals surface area contributed by atoms with Crippen molar-refractivity contribution in [3.63, 3.8) is 0 Å². The average molecular weight is 353 g/mol. The van der Waals surface area contributed by atoms with Gasteiger partial charge in [-0.3, -0.25) is 4.79 Å². The predicted octanol–water partition coefficient (Wildman–Crippen LogP) is 4.79. The van der Waals surface area contributed by atoms with Gasteiger partial charge in [0, 0.05) is 27.8 Å². The number of ether oxygens (including phenoxy) is 2. The maximum absolute atomic E-state index is 13.0. The quantitative estimate of drug-likeness (QED) is 0.635. The van der Waals surface area contributed by atoms with Gasteiger partial charge < -0.3 is 9.47 Å². The molecule has 2 atom stereocenters. The smallest absolute Gasteiger partial charge is 0.182 e. The molecule has 0 saturated heterocycles. The Kier molecular flexibility index (Phi) is 3.89. The summed E-state index contributed by atoms with van der Waals surface area (Å²) in [5, 5.41) is 1.09. The lowest BCUT2D eigenvalue weighted by atomic mass is 9.76. The number of benzene rings is 3. The van der Waals surface area contributed by atoms with Crippen LogP contribution in [0.15, 0.2) is 54.6 Å². The SMILES string of the molecule is COc1ccc2c(OC)ccc3c2c1[C@H](c1ccccc1)[C@@H](Cl)C3=O. The predicted molar refractivity (Wildman–Crippen MR) is 99.3 cm³/mol. The van der Waals surface area contributed by atoms with Crippen molar-refractivity contribution in [1.82, 2.24) is 0 Å². The first-order valence-corrected chi connectivity index (χ1v) is 8.51. The van der Waals surface area contributed by atoms with Crippen molar-refractivity contribution >= 4 is 28.2 Å². The number of hydrogen-bond acceptors (Lipinski definition) is 3. The molecule has 3 nitrogen and oxygen atoms in total. The topological polar surface area (TPSA) is 35.5 Å². The Morgan fingerprint density at radius 2 is 1.56 bits per heavy atom. The van der Waals surface area contributed by atoms with Gasteiger partial charge in [0.25, 0.3) is 0 Å². The second-order valence-corrected chi connectivity index (χ2v) is 6.54. The highest BCUT2D eigenvalue weighted by molar-refractivity contribution is 6.37. The molecule has 3 aromatic rings. The first-order chi connectivity index (χ1) is 12.2. The minimum Gasteiger partial charge on any atom is -0.496 e. The molecule has 3 aromatic carbocycles. The monoisotopic (exact) mass is 352 g/mol. The van der Waals surface area contributed by atoms with E-state index in [9.17, 15) is 4.79 Å². The van der Waals surface area contributed by atoms with E-state index in [0.717, 1.165) is 33.4 Å². The number of rotatable bonds is 3. The number of methoxy groups -OCH3 is 2. The molecule has 0 fully saturated rings. The standard InChI is InChI=1S/C21H17ClO3/c1-24-15-10-9-14-18-13(15)8-11-16(25-2)19(18)17(20(22)21(14)23)12-6-4-3-5-7-12/h3-11,17,20H,1-2H3/t17-,20+/m0/s1. The van der Waals surface area contributed by atoms with Gasteiger partial charge in [-0.15, -0.1) is 11.6 Å². The van der Waals surface area contributed by atoms with Crippen molar-refractivity contribution in [3.8, 4) is 11.5 Å². The largest absolute Gasteiger partial charge is 0.496 e. The van der Waals surface area contributed by atoms with Gasteiger partial charge in [-0.2, -0.15) is 0 Å². The van der Waals surface area contributed by atoms with Gasteiger partial charge in [-0.25, -0.2) is 0 Å². The van der Waals surface area contributed by atoms with Crippen LogP contribution in [0.5, 0.6) is 11.5 Å². The van der Waals surface area contributed by atoms with E-state index >= 15 is 0 Å². The Labute approximate surface area is 151 Å². The van der Waals surface area contributed by atoms with Crippen molar-refractivity contribution in [2.75, 3.05) is 14.2 Å². The van der Waals surface area contributed by atoms with Crippen molar-refractivity contribution in [2.45, 2.75) is 11.3 Å². The van der Waals surface area contributed by atoms with Gasteiger partial charge in [0.15, 0.2) is 5.78 Å². The molecule has 0 amide bonds. The van der Waals surface area contributed by atoms with E-state index in [2.05, 4.69) is 0 Å². The van der Waals surface area contributed by atoms with E-state index in [4.69, 9.17) is 21.1 Å². The molecule has 126 valence electrons. The van der Waals surface area contributed by atoms with E-state index in [1.54, 1.807) is 20.3 Å². The third-order valence-corrected chi connectivity index (χ3v) is 5.31. The van der Waals surface area contributed by atoms with Crippen LogP contribution in [0.1, 0.15) is 27.4 Å². The van der Waals surface area contributed by atoms with Crippen LogP contribution in [0.4, 0.5) is 0 Å². The first-order valence-electron chi connectivity index (χ1n) is 8.08. The molecule has 0 N–H and O–H groups in total. The highest BCUT2D eigenvalue weighted by atomic mass is 35.5. The summed E-state index contributed by atoms with van der Waals surface area (Å²) in [6.45, 7) is 0. The lowest BCUT2D eigenvalue weighted by Gasteiger charge is -2.31. The summed E-state index contributed by atoms with van der Waals surface area (Å²) >= 11 is 6.65. The van der Waals surface area contributed by atoms with Crippen molar-refractivity contribution < 1.29 is 14.3 Å². The summed E-state index contributed by atoms with van der Waals surface area (Å²) in [4.78, 5) is 13.0. The van der Waals surface area contributed by atoms with E-state index < -0.39 is 5.38 Å². The summed E-state index contributed by atoms with van der Waals surface area (Å²) in [6, 6.07) is 17.3. The molecule has 0 saturated carbocycles. The van der Waals surface area contributed by atoms with Crippen LogP contribution in [0.2, 0.25) is 0 Å². The second kappa shape index (κ2) is 6.08. The van der Waals surface area contributed by atoms with E-state index in [1.807, 2.05) is 48.5 Å². The molecular formula is C21H17ClO3. The first kappa shape index (κ1) is 16.0. The molecule has 4 heteroatoms. The van der Waals surface area contributed by atoms with Crippen LogP contribution < -0.4 is 9.47 Å². The lowest BCUT2D eigenvalue weighted by Crippen LogP contribution is -2.29. The minimum absolute atomic E-state index is 0.0658. The molecule has 0 radical (unpaired) electrons.